The maximum absolute atomic E-state index is 9.08. The second-order valence-corrected chi connectivity index (χ2v) is 6.52. The third kappa shape index (κ3) is 2.69. The second kappa shape index (κ2) is 5.23. The minimum Gasteiger partial charge on any atom is -0.440 e. The molecule has 0 amide bonds. The van der Waals surface area contributed by atoms with E-state index >= 15 is 0 Å². The van der Waals surface area contributed by atoms with E-state index in [1.54, 1.807) is 12.3 Å². The quantitative estimate of drug-likeness (QED) is 0.883. The lowest BCUT2D eigenvalue weighted by molar-refractivity contribution is 0.00578. The van der Waals surface area contributed by atoms with Crippen LogP contribution in [0.5, 0.6) is 0 Å². The first kappa shape index (κ1) is 15.3. The Morgan fingerprint density at radius 2 is 1.86 bits per heavy atom. The fourth-order valence-corrected chi connectivity index (χ4v) is 2.33. The van der Waals surface area contributed by atoms with E-state index in [0.29, 0.717) is 11.5 Å². The highest BCUT2D eigenvalue weighted by atomic mass is 16.7. The molecular formula is C16H20BNO4. The normalized spacial score (nSPS) is 20.3. The summed E-state index contributed by atoms with van der Waals surface area (Å²) < 4.78 is 17.2. The lowest BCUT2D eigenvalue weighted by Crippen LogP contribution is -2.41. The van der Waals surface area contributed by atoms with E-state index in [0.717, 1.165) is 10.9 Å². The number of aliphatic hydroxyl groups is 1. The summed E-state index contributed by atoms with van der Waals surface area (Å²) in [6.45, 7) is 7.97. The van der Waals surface area contributed by atoms with Crippen molar-refractivity contribution in [3.05, 3.63) is 35.6 Å². The Morgan fingerprint density at radius 3 is 2.50 bits per heavy atom. The largest absolute Gasteiger partial charge is 0.487 e. The van der Waals surface area contributed by atoms with E-state index in [4.69, 9.17) is 18.8 Å². The molecule has 5 nitrogen and oxygen atoms in total. The molecule has 0 unspecified atom stereocenters. The van der Waals surface area contributed by atoms with Gasteiger partial charge in [-0.05, 0) is 45.4 Å². The summed E-state index contributed by atoms with van der Waals surface area (Å²) in [4.78, 5) is 4.24. The van der Waals surface area contributed by atoms with Gasteiger partial charge in [0.15, 0.2) is 0 Å². The number of furan rings is 1. The molecule has 0 aliphatic carbocycles. The van der Waals surface area contributed by atoms with Crippen molar-refractivity contribution in [2.45, 2.75) is 45.5 Å². The summed E-state index contributed by atoms with van der Waals surface area (Å²) in [6.07, 6.45) is 3.63. The molecule has 1 saturated heterocycles. The highest BCUT2D eigenvalue weighted by molar-refractivity contribution is 6.52. The molecule has 0 radical (unpaired) electrons. The van der Waals surface area contributed by atoms with Crippen LogP contribution in [0, 0.1) is 0 Å². The Balaban J connectivity index is 1.78. The zero-order valence-corrected chi connectivity index (χ0v) is 13.3. The third-order valence-electron chi connectivity index (χ3n) is 4.32. The SMILES string of the molecule is CC1(C)OB(/C=C/c2cnc3oc(CO)cc3c2)OC1(C)C. The highest BCUT2D eigenvalue weighted by Gasteiger charge is 2.49. The standard InChI is InChI=1S/C16H20BNO4/c1-15(2)16(3,4)22-17(21-15)6-5-11-7-12-8-13(10-19)20-14(12)18-9-11/h5-9,19H,10H2,1-4H3/b6-5+. The van der Waals surface area contributed by atoms with Gasteiger partial charge in [0.25, 0.3) is 0 Å². The van der Waals surface area contributed by atoms with Gasteiger partial charge in [0.2, 0.25) is 5.71 Å². The summed E-state index contributed by atoms with van der Waals surface area (Å²) in [5.41, 5.74) is 0.764. The van der Waals surface area contributed by atoms with Crippen molar-refractivity contribution in [1.29, 1.82) is 0 Å². The van der Waals surface area contributed by atoms with Gasteiger partial charge in [0.1, 0.15) is 12.4 Å². The van der Waals surface area contributed by atoms with E-state index in [1.807, 2.05) is 45.8 Å². The smallest absolute Gasteiger partial charge is 0.440 e. The summed E-state index contributed by atoms with van der Waals surface area (Å²) in [5, 5.41) is 9.95. The summed E-state index contributed by atoms with van der Waals surface area (Å²) in [7, 11) is -0.377. The maximum atomic E-state index is 9.08. The van der Waals surface area contributed by atoms with Crippen molar-refractivity contribution in [2.24, 2.45) is 0 Å². The van der Waals surface area contributed by atoms with Gasteiger partial charge in [-0.15, -0.1) is 0 Å². The fourth-order valence-electron chi connectivity index (χ4n) is 2.33. The number of pyridine rings is 1. The van der Waals surface area contributed by atoms with Crippen LogP contribution in [0.15, 0.2) is 28.7 Å². The summed E-state index contributed by atoms with van der Waals surface area (Å²) in [6, 6.07) is 3.74. The molecule has 3 heterocycles. The lowest BCUT2D eigenvalue weighted by Gasteiger charge is -2.32. The number of aromatic nitrogens is 1. The van der Waals surface area contributed by atoms with Crippen LogP contribution in [0.4, 0.5) is 0 Å². The average Bonchev–Trinajstić information content (AvgIpc) is 2.94. The van der Waals surface area contributed by atoms with Crippen LogP contribution in [-0.4, -0.2) is 28.4 Å². The first-order chi connectivity index (χ1) is 10.3. The molecule has 1 N–H and O–H groups in total. The van der Waals surface area contributed by atoms with Crippen LogP contribution >= 0.6 is 0 Å². The molecule has 0 saturated carbocycles. The van der Waals surface area contributed by atoms with Gasteiger partial charge >= 0.3 is 7.12 Å². The van der Waals surface area contributed by atoms with Gasteiger partial charge in [0, 0.05) is 11.6 Å². The lowest BCUT2D eigenvalue weighted by atomic mass is 9.89. The topological polar surface area (TPSA) is 64.7 Å². The molecule has 22 heavy (non-hydrogen) atoms. The van der Waals surface area contributed by atoms with Gasteiger partial charge in [-0.1, -0.05) is 12.1 Å². The van der Waals surface area contributed by atoms with Gasteiger partial charge in [0.05, 0.1) is 11.2 Å². The molecule has 6 heteroatoms. The molecule has 0 atom stereocenters. The Kier molecular flexibility index (Phi) is 3.63. The number of hydrogen-bond acceptors (Lipinski definition) is 5. The molecule has 1 aliphatic rings. The van der Waals surface area contributed by atoms with Gasteiger partial charge in [-0.3, -0.25) is 0 Å². The molecule has 3 rings (SSSR count). The average molecular weight is 301 g/mol. The van der Waals surface area contributed by atoms with Crippen LogP contribution in [0.1, 0.15) is 39.0 Å². The van der Waals surface area contributed by atoms with Crippen LogP contribution < -0.4 is 0 Å². The van der Waals surface area contributed by atoms with E-state index < -0.39 is 0 Å². The molecule has 2 aromatic rings. The minimum atomic E-state index is -0.377. The monoisotopic (exact) mass is 301 g/mol. The maximum Gasteiger partial charge on any atom is 0.487 e. The summed E-state index contributed by atoms with van der Waals surface area (Å²) in [5.74, 6) is 2.39. The van der Waals surface area contributed by atoms with Crippen molar-refractivity contribution in [2.75, 3.05) is 0 Å². The van der Waals surface area contributed by atoms with Gasteiger partial charge < -0.3 is 18.8 Å². The Bertz CT molecular complexity index is 704. The highest BCUT2D eigenvalue weighted by Crippen LogP contribution is 2.37. The first-order valence-electron chi connectivity index (χ1n) is 7.34. The Morgan fingerprint density at radius 1 is 1.18 bits per heavy atom. The second-order valence-electron chi connectivity index (χ2n) is 6.52. The summed E-state index contributed by atoms with van der Waals surface area (Å²) >= 11 is 0. The first-order valence-corrected chi connectivity index (χ1v) is 7.34. The van der Waals surface area contributed by atoms with E-state index in [9.17, 15) is 0 Å². The number of nitrogens with zero attached hydrogens (tertiary/aromatic N) is 1. The number of hydrogen-bond donors (Lipinski definition) is 1. The Hall–Kier alpha value is -1.63. The Labute approximate surface area is 130 Å². The predicted molar refractivity (Wildman–Crippen MR) is 85.0 cm³/mol. The zero-order valence-electron chi connectivity index (χ0n) is 13.3. The third-order valence-corrected chi connectivity index (χ3v) is 4.32. The number of rotatable bonds is 3. The van der Waals surface area contributed by atoms with Crippen molar-refractivity contribution < 1.29 is 18.8 Å². The minimum absolute atomic E-state index is 0.130. The van der Waals surface area contributed by atoms with Crippen molar-refractivity contribution in [3.63, 3.8) is 0 Å². The molecule has 0 bridgehead atoms. The van der Waals surface area contributed by atoms with E-state index in [2.05, 4.69) is 4.98 Å². The van der Waals surface area contributed by atoms with E-state index in [-0.39, 0.29) is 24.9 Å². The molecule has 0 aromatic carbocycles. The fraction of sp³-hybridized carbons (Fsp3) is 0.438. The molecule has 2 aromatic heterocycles. The van der Waals surface area contributed by atoms with E-state index in [1.165, 1.54) is 0 Å². The van der Waals surface area contributed by atoms with Gasteiger partial charge in [-0.2, -0.15) is 0 Å². The van der Waals surface area contributed by atoms with Crippen molar-refractivity contribution in [3.8, 4) is 0 Å². The van der Waals surface area contributed by atoms with Crippen LogP contribution in [0.25, 0.3) is 17.2 Å². The number of fused-ring (bicyclic) bond motifs is 1. The van der Waals surface area contributed by atoms with Crippen LogP contribution in [0.3, 0.4) is 0 Å². The van der Waals surface area contributed by atoms with Crippen molar-refractivity contribution >= 4 is 24.3 Å². The molecule has 1 aliphatic heterocycles. The molecular weight excluding hydrogens is 281 g/mol. The van der Waals surface area contributed by atoms with Crippen LogP contribution in [0.2, 0.25) is 0 Å². The molecule has 1 fully saturated rings. The number of aliphatic hydroxyl groups excluding tert-OH is 1. The molecule has 116 valence electrons. The molecule has 0 spiro atoms. The zero-order chi connectivity index (χ0) is 16.0. The van der Waals surface area contributed by atoms with Crippen LogP contribution in [-0.2, 0) is 15.9 Å². The predicted octanol–water partition coefficient (Wildman–Crippen LogP) is 2.96. The van der Waals surface area contributed by atoms with Gasteiger partial charge in [-0.25, -0.2) is 4.98 Å². The van der Waals surface area contributed by atoms with Crippen molar-refractivity contribution in [1.82, 2.24) is 4.98 Å².